The van der Waals surface area contributed by atoms with E-state index < -0.39 is 0 Å². The number of aromatic nitrogens is 2. The van der Waals surface area contributed by atoms with Crippen molar-refractivity contribution in [3.8, 4) is 0 Å². The normalized spacial score (nSPS) is 12.6. The first kappa shape index (κ1) is 13.8. The van der Waals surface area contributed by atoms with Crippen LogP contribution < -0.4 is 5.73 Å². The number of rotatable bonds is 6. The maximum absolute atomic E-state index is 6.27. The van der Waals surface area contributed by atoms with Gasteiger partial charge < -0.3 is 10.7 Å². The second kappa shape index (κ2) is 6.53. The number of hydrogen-bond donors (Lipinski definition) is 2. The quantitative estimate of drug-likeness (QED) is 0.835. The van der Waals surface area contributed by atoms with Crippen LogP contribution in [0.4, 0.5) is 0 Å². The highest BCUT2D eigenvalue weighted by molar-refractivity contribution is 5.20. The summed E-state index contributed by atoms with van der Waals surface area (Å²) in [5.74, 6) is 0.921. The van der Waals surface area contributed by atoms with Crippen molar-refractivity contribution >= 4 is 0 Å². The summed E-state index contributed by atoms with van der Waals surface area (Å²) >= 11 is 0. The third kappa shape index (κ3) is 3.44. The Balaban J connectivity index is 2.12. The predicted molar refractivity (Wildman–Crippen MR) is 79.0 cm³/mol. The predicted octanol–water partition coefficient (Wildman–Crippen LogP) is 3.17. The van der Waals surface area contributed by atoms with Gasteiger partial charge in [0.25, 0.3) is 0 Å². The SMILES string of the molecule is CCCc1[nH]c(C(N)Cc2ccccc2)nc1CC. The number of H-pyrrole nitrogens is 1. The van der Waals surface area contributed by atoms with Crippen molar-refractivity contribution in [3.63, 3.8) is 0 Å². The van der Waals surface area contributed by atoms with Gasteiger partial charge in [-0.25, -0.2) is 4.98 Å². The molecule has 1 atom stereocenters. The zero-order valence-corrected chi connectivity index (χ0v) is 11.8. The Morgan fingerprint density at radius 1 is 1.21 bits per heavy atom. The summed E-state index contributed by atoms with van der Waals surface area (Å²) in [6, 6.07) is 10.3. The molecule has 0 radical (unpaired) electrons. The Labute approximate surface area is 115 Å². The van der Waals surface area contributed by atoms with Crippen molar-refractivity contribution in [2.45, 2.75) is 45.6 Å². The molecule has 0 amide bonds. The minimum atomic E-state index is -0.0571. The van der Waals surface area contributed by atoms with Gasteiger partial charge in [0.2, 0.25) is 0 Å². The Morgan fingerprint density at radius 2 is 1.95 bits per heavy atom. The summed E-state index contributed by atoms with van der Waals surface area (Å²) in [5, 5.41) is 0. The zero-order chi connectivity index (χ0) is 13.7. The van der Waals surface area contributed by atoms with Crippen molar-refractivity contribution in [1.29, 1.82) is 0 Å². The second-order valence-electron chi connectivity index (χ2n) is 4.95. The van der Waals surface area contributed by atoms with Gasteiger partial charge in [-0.2, -0.15) is 0 Å². The van der Waals surface area contributed by atoms with Crippen LogP contribution in [0.2, 0.25) is 0 Å². The van der Waals surface area contributed by atoms with Crippen LogP contribution in [-0.4, -0.2) is 9.97 Å². The molecule has 3 N–H and O–H groups in total. The van der Waals surface area contributed by atoms with Crippen molar-refractivity contribution < 1.29 is 0 Å². The summed E-state index contributed by atoms with van der Waals surface area (Å²) in [6.45, 7) is 4.33. The lowest BCUT2D eigenvalue weighted by atomic mass is 10.1. The average molecular weight is 257 g/mol. The van der Waals surface area contributed by atoms with Gasteiger partial charge in [0.1, 0.15) is 5.82 Å². The van der Waals surface area contributed by atoms with Crippen molar-refractivity contribution in [2.24, 2.45) is 5.73 Å². The Hall–Kier alpha value is -1.61. The molecule has 3 heteroatoms. The number of imidazole rings is 1. The molecule has 1 aromatic heterocycles. The molecule has 0 fully saturated rings. The van der Waals surface area contributed by atoms with Gasteiger partial charge in [-0.05, 0) is 24.8 Å². The molecular formula is C16H23N3. The van der Waals surface area contributed by atoms with Crippen LogP contribution in [0.5, 0.6) is 0 Å². The van der Waals surface area contributed by atoms with Gasteiger partial charge in [0, 0.05) is 5.69 Å². The smallest absolute Gasteiger partial charge is 0.123 e. The van der Waals surface area contributed by atoms with Gasteiger partial charge in [-0.3, -0.25) is 0 Å². The number of nitrogens with zero attached hydrogens (tertiary/aromatic N) is 1. The fraction of sp³-hybridized carbons (Fsp3) is 0.438. The first-order valence-corrected chi connectivity index (χ1v) is 7.11. The van der Waals surface area contributed by atoms with Crippen LogP contribution in [0.25, 0.3) is 0 Å². The minimum absolute atomic E-state index is 0.0571. The van der Waals surface area contributed by atoms with Crippen LogP contribution in [-0.2, 0) is 19.3 Å². The molecule has 2 rings (SSSR count). The fourth-order valence-corrected chi connectivity index (χ4v) is 2.36. The number of aromatic amines is 1. The molecule has 0 aliphatic rings. The topological polar surface area (TPSA) is 54.7 Å². The Morgan fingerprint density at radius 3 is 2.58 bits per heavy atom. The highest BCUT2D eigenvalue weighted by Crippen LogP contribution is 2.17. The highest BCUT2D eigenvalue weighted by atomic mass is 15.0. The lowest BCUT2D eigenvalue weighted by Crippen LogP contribution is -2.15. The molecule has 0 spiro atoms. The molecule has 19 heavy (non-hydrogen) atoms. The molecule has 0 bridgehead atoms. The molecule has 0 saturated heterocycles. The van der Waals surface area contributed by atoms with Gasteiger partial charge in [-0.15, -0.1) is 0 Å². The molecule has 1 unspecified atom stereocenters. The Bertz CT molecular complexity index is 502. The van der Waals surface area contributed by atoms with Gasteiger partial charge in [-0.1, -0.05) is 50.6 Å². The summed E-state index contributed by atoms with van der Waals surface area (Å²) in [5.41, 5.74) is 9.94. The van der Waals surface area contributed by atoms with Crippen LogP contribution in [0.3, 0.4) is 0 Å². The molecule has 0 saturated carbocycles. The Kier molecular flexibility index (Phi) is 4.74. The van der Waals surface area contributed by atoms with E-state index in [4.69, 9.17) is 5.73 Å². The van der Waals surface area contributed by atoms with Crippen LogP contribution >= 0.6 is 0 Å². The molecule has 102 valence electrons. The third-order valence-corrected chi connectivity index (χ3v) is 3.37. The van der Waals surface area contributed by atoms with Crippen molar-refractivity contribution in [2.75, 3.05) is 0 Å². The summed E-state index contributed by atoms with van der Waals surface area (Å²) in [4.78, 5) is 8.08. The number of nitrogens with two attached hydrogens (primary N) is 1. The average Bonchev–Trinajstić information content (AvgIpc) is 2.83. The van der Waals surface area contributed by atoms with E-state index in [1.165, 1.54) is 17.0 Å². The number of benzene rings is 1. The van der Waals surface area contributed by atoms with Crippen LogP contribution in [0.15, 0.2) is 30.3 Å². The largest absolute Gasteiger partial charge is 0.344 e. The third-order valence-electron chi connectivity index (χ3n) is 3.37. The molecule has 3 nitrogen and oxygen atoms in total. The lowest BCUT2D eigenvalue weighted by Gasteiger charge is -2.08. The van der Waals surface area contributed by atoms with Gasteiger partial charge in [0.15, 0.2) is 0 Å². The van der Waals surface area contributed by atoms with Crippen LogP contribution in [0, 0.1) is 0 Å². The van der Waals surface area contributed by atoms with Crippen molar-refractivity contribution in [1.82, 2.24) is 9.97 Å². The van der Waals surface area contributed by atoms with Gasteiger partial charge in [0.05, 0.1) is 11.7 Å². The van der Waals surface area contributed by atoms with Crippen molar-refractivity contribution in [3.05, 3.63) is 53.1 Å². The maximum Gasteiger partial charge on any atom is 0.123 e. The van der Waals surface area contributed by atoms with E-state index in [0.717, 1.165) is 31.5 Å². The molecule has 0 aliphatic carbocycles. The van der Waals surface area contributed by atoms with E-state index in [0.29, 0.717) is 0 Å². The lowest BCUT2D eigenvalue weighted by molar-refractivity contribution is 0.673. The molecule has 1 aromatic carbocycles. The number of aryl methyl sites for hydroxylation is 2. The summed E-state index contributed by atoms with van der Waals surface area (Å²) in [6.07, 6.45) is 3.96. The first-order chi connectivity index (χ1) is 9.24. The number of hydrogen-bond acceptors (Lipinski definition) is 2. The molecule has 1 heterocycles. The maximum atomic E-state index is 6.27. The van der Waals surface area contributed by atoms with Gasteiger partial charge >= 0.3 is 0 Å². The van der Waals surface area contributed by atoms with Crippen LogP contribution in [0.1, 0.15) is 49.1 Å². The fourth-order valence-electron chi connectivity index (χ4n) is 2.36. The van der Waals surface area contributed by atoms with E-state index in [9.17, 15) is 0 Å². The summed E-state index contributed by atoms with van der Waals surface area (Å²) < 4.78 is 0. The van der Waals surface area contributed by atoms with E-state index in [1.54, 1.807) is 0 Å². The number of nitrogens with one attached hydrogen (secondary N) is 1. The standard InChI is InChI=1S/C16H23N3/c1-3-8-15-14(4-2)18-16(19-15)13(17)11-12-9-6-5-7-10-12/h5-7,9-10,13H,3-4,8,11,17H2,1-2H3,(H,18,19). The van der Waals surface area contributed by atoms with E-state index in [2.05, 4.69) is 35.9 Å². The molecular weight excluding hydrogens is 234 g/mol. The molecule has 0 aliphatic heterocycles. The van der Waals surface area contributed by atoms with E-state index >= 15 is 0 Å². The second-order valence-corrected chi connectivity index (χ2v) is 4.95. The molecule has 2 aromatic rings. The minimum Gasteiger partial charge on any atom is -0.344 e. The summed E-state index contributed by atoms with van der Waals surface area (Å²) in [7, 11) is 0. The highest BCUT2D eigenvalue weighted by Gasteiger charge is 2.14. The first-order valence-electron chi connectivity index (χ1n) is 7.11. The zero-order valence-electron chi connectivity index (χ0n) is 11.8. The van der Waals surface area contributed by atoms with E-state index in [1.807, 2.05) is 18.2 Å². The van der Waals surface area contributed by atoms with E-state index in [-0.39, 0.29) is 6.04 Å². The monoisotopic (exact) mass is 257 g/mol.